The molecule has 0 radical (unpaired) electrons. The molecule has 0 aromatic heterocycles. The van der Waals surface area contributed by atoms with Gasteiger partial charge in [-0.25, -0.2) is 4.79 Å². The van der Waals surface area contributed by atoms with Gasteiger partial charge in [0, 0.05) is 12.6 Å². The number of hydrogen-bond acceptors (Lipinski definition) is 4. The molecule has 0 aliphatic carbocycles. The van der Waals surface area contributed by atoms with Crippen LogP contribution in [-0.4, -0.2) is 18.0 Å². The number of hydrogen-bond donors (Lipinski definition) is 1. The highest BCUT2D eigenvalue weighted by atomic mass is 16.6. The van der Waals surface area contributed by atoms with Gasteiger partial charge in [-0.2, -0.15) is 0 Å². The smallest absolute Gasteiger partial charge is 0.352 e. The molecule has 0 aliphatic rings. The zero-order valence-corrected chi connectivity index (χ0v) is 13.3. The lowest BCUT2D eigenvalue weighted by Crippen LogP contribution is -2.28. The normalized spacial score (nSPS) is 11.4. The van der Waals surface area contributed by atoms with E-state index < -0.39 is 12.1 Å². The molecule has 2 rings (SSSR count). The van der Waals surface area contributed by atoms with Crippen molar-refractivity contribution in [2.45, 2.75) is 26.9 Å². The van der Waals surface area contributed by atoms with Crippen molar-refractivity contribution in [1.82, 2.24) is 0 Å². The Labute approximate surface area is 135 Å². The van der Waals surface area contributed by atoms with Gasteiger partial charge in [0.15, 0.2) is 6.10 Å². The maximum atomic E-state index is 12.0. The van der Waals surface area contributed by atoms with E-state index in [9.17, 15) is 9.59 Å². The molecule has 1 N–H and O–H groups in total. The predicted molar refractivity (Wildman–Crippen MR) is 87.6 cm³/mol. The van der Waals surface area contributed by atoms with E-state index in [1.165, 1.54) is 6.92 Å². The second-order valence-corrected chi connectivity index (χ2v) is 5.20. The standard InChI is InChI=1S/C18H19NO4/c1-12-5-4-6-17(11-12)22-13(2)18(21)23-16-9-7-15(8-10-16)19-14(3)20/h4-11,13H,1-3H3,(H,19,20)/t13-/m0/s1. The SMILES string of the molecule is CC(=O)Nc1ccc(OC(=O)[C@H](C)Oc2cccc(C)c2)cc1. The molecular formula is C18H19NO4. The summed E-state index contributed by atoms with van der Waals surface area (Å²) in [5, 5.41) is 2.64. The molecule has 0 saturated heterocycles. The Hall–Kier alpha value is -2.82. The van der Waals surface area contributed by atoms with Crippen LogP contribution in [0.25, 0.3) is 0 Å². The van der Waals surface area contributed by atoms with Crippen molar-refractivity contribution in [3.63, 3.8) is 0 Å². The third-order valence-corrected chi connectivity index (χ3v) is 3.03. The van der Waals surface area contributed by atoms with E-state index in [1.807, 2.05) is 25.1 Å². The second-order valence-electron chi connectivity index (χ2n) is 5.20. The van der Waals surface area contributed by atoms with Crippen LogP contribution >= 0.6 is 0 Å². The molecule has 120 valence electrons. The van der Waals surface area contributed by atoms with Crippen LogP contribution in [0.5, 0.6) is 11.5 Å². The number of carbonyl (C=O) groups excluding carboxylic acids is 2. The Bertz CT molecular complexity index is 694. The fraction of sp³-hybridized carbons (Fsp3) is 0.222. The highest BCUT2D eigenvalue weighted by molar-refractivity contribution is 5.88. The summed E-state index contributed by atoms with van der Waals surface area (Å²) in [6.07, 6.45) is -0.730. The molecule has 0 aliphatic heterocycles. The first kappa shape index (κ1) is 16.5. The number of rotatable bonds is 5. The van der Waals surface area contributed by atoms with Gasteiger partial charge in [-0.3, -0.25) is 4.79 Å². The van der Waals surface area contributed by atoms with Gasteiger partial charge in [-0.05, 0) is 55.8 Å². The topological polar surface area (TPSA) is 64.6 Å². The third kappa shape index (κ3) is 5.14. The van der Waals surface area contributed by atoms with E-state index in [4.69, 9.17) is 9.47 Å². The summed E-state index contributed by atoms with van der Waals surface area (Å²) in [6.45, 7) is 5.01. The number of nitrogens with one attached hydrogen (secondary N) is 1. The lowest BCUT2D eigenvalue weighted by molar-refractivity contribution is -0.141. The molecule has 0 unspecified atom stereocenters. The Morgan fingerprint density at radius 3 is 2.35 bits per heavy atom. The predicted octanol–water partition coefficient (Wildman–Crippen LogP) is 3.33. The summed E-state index contributed by atoms with van der Waals surface area (Å²) in [4.78, 5) is 23.0. The maximum absolute atomic E-state index is 12.0. The molecule has 0 heterocycles. The number of amides is 1. The summed E-state index contributed by atoms with van der Waals surface area (Å²) in [5.41, 5.74) is 1.69. The van der Waals surface area contributed by atoms with Gasteiger partial charge in [-0.15, -0.1) is 0 Å². The quantitative estimate of drug-likeness (QED) is 0.679. The molecule has 2 aromatic rings. The van der Waals surface area contributed by atoms with E-state index >= 15 is 0 Å². The molecule has 0 fully saturated rings. The maximum Gasteiger partial charge on any atom is 0.352 e. The average Bonchev–Trinajstić information content (AvgIpc) is 2.48. The Kier molecular flexibility index (Phi) is 5.36. The minimum atomic E-state index is -0.730. The minimum absolute atomic E-state index is 0.157. The van der Waals surface area contributed by atoms with Gasteiger partial charge in [0.2, 0.25) is 5.91 Å². The monoisotopic (exact) mass is 313 g/mol. The molecule has 5 nitrogen and oxygen atoms in total. The van der Waals surface area contributed by atoms with Crippen LogP contribution in [0.15, 0.2) is 48.5 Å². The summed E-state index contributed by atoms with van der Waals surface area (Å²) in [6, 6.07) is 14.0. The van der Waals surface area contributed by atoms with Crippen LogP contribution in [0.3, 0.4) is 0 Å². The average molecular weight is 313 g/mol. The number of benzene rings is 2. The van der Waals surface area contributed by atoms with Gasteiger partial charge < -0.3 is 14.8 Å². The van der Waals surface area contributed by atoms with Gasteiger partial charge in [0.1, 0.15) is 11.5 Å². The van der Waals surface area contributed by atoms with Crippen molar-refractivity contribution < 1.29 is 19.1 Å². The summed E-state index contributed by atoms with van der Waals surface area (Å²) in [7, 11) is 0. The van der Waals surface area contributed by atoms with Gasteiger partial charge in [0.05, 0.1) is 0 Å². The van der Waals surface area contributed by atoms with E-state index in [0.29, 0.717) is 17.2 Å². The zero-order chi connectivity index (χ0) is 16.8. The summed E-state index contributed by atoms with van der Waals surface area (Å²) >= 11 is 0. The number of aryl methyl sites for hydroxylation is 1. The third-order valence-electron chi connectivity index (χ3n) is 3.03. The zero-order valence-electron chi connectivity index (χ0n) is 13.3. The van der Waals surface area contributed by atoms with E-state index in [1.54, 1.807) is 37.3 Å². The molecule has 1 amide bonds. The van der Waals surface area contributed by atoms with Crippen LogP contribution in [0.4, 0.5) is 5.69 Å². The number of anilines is 1. The van der Waals surface area contributed by atoms with Gasteiger partial charge in [-0.1, -0.05) is 12.1 Å². The van der Waals surface area contributed by atoms with Crippen molar-refractivity contribution in [3.8, 4) is 11.5 Å². The van der Waals surface area contributed by atoms with Crippen molar-refractivity contribution in [2.75, 3.05) is 5.32 Å². The minimum Gasteiger partial charge on any atom is -0.479 e. The first-order valence-corrected chi connectivity index (χ1v) is 7.27. The van der Waals surface area contributed by atoms with Crippen molar-refractivity contribution in [1.29, 1.82) is 0 Å². The molecule has 23 heavy (non-hydrogen) atoms. The lowest BCUT2D eigenvalue weighted by Gasteiger charge is -2.14. The van der Waals surface area contributed by atoms with Crippen molar-refractivity contribution in [3.05, 3.63) is 54.1 Å². The fourth-order valence-electron chi connectivity index (χ4n) is 1.95. The van der Waals surface area contributed by atoms with Crippen LogP contribution in [0.2, 0.25) is 0 Å². The Morgan fingerprint density at radius 2 is 1.74 bits per heavy atom. The largest absolute Gasteiger partial charge is 0.479 e. The molecule has 1 atom stereocenters. The van der Waals surface area contributed by atoms with E-state index in [2.05, 4.69) is 5.32 Å². The number of ether oxygens (including phenoxy) is 2. The molecule has 0 saturated carbocycles. The van der Waals surface area contributed by atoms with Crippen molar-refractivity contribution in [2.24, 2.45) is 0 Å². The highest BCUT2D eigenvalue weighted by Crippen LogP contribution is 2.18. The second kappa shape index (κ2) is 7.45. The van der Waals surface area contributed by atoms with Gasteiger partial charge in [0.25, 0.3) is 0 Å². The molecule has 0 bridgehead atoms. The molecule has 5 heteroatoms. The van der Waals surface area contributed by atoms with E-state index in [-0.39, 0.29) is 5.91 Å². The van der Waals surface area contributed by atoms with E-state index in [0.717, 1.165) is 5.56 Å². The first-order valence-electron chi connectivity index (χ1n) is 7.27. The van der Waals surface area contributed by atoms with Crippen LogP contribution in [0.1, 0.15) is 19.4 Å². The lowest BCUT2D eigenvalue weighted by atomic mass is 10.2. The Balaban J connectivity index is 1.94. The molecular weight excluding hydrogens is 294 g/mol. The van der Waals surface area contributed by atoms with Crippen LogP contribution in [-0.2, 0) is 9.59 Å². The summed E-state index contributed by atoms with van der Waals surface area (Å²) < 4.78 is 10.8. The van der Waals surface area contributed by atoms with Crippen LogP contribution in [0, 0.1) is 6.92 Å². The highest BCUT2D eigenvalue weighted by Gasteiger charge is 2.17. The Morgan fingerprint density at radius 1 is 1.04 bits per heavy atom. The van der Waals surface area contributed by atoms with Gasteiger partial charge >= 0.3 is 5.97 Å². The first-order chi connectivity index (χ1) is 10.9. The number of carbonyl (C=O) groups is 2. The number of esters is 1. The van der Waals surface area contributed by atoms with Crippen molar-refractivity contribution >= 4 is 17.6 Å². The fourth-order valence-corrected chi connectivity index (χ4v) is 1.95. The van der Waals surface area contributed by atoms with Crippen LogP contribution < -0.4 is 14.8 Å². The molecule has 2 aromatic carbocycles. The molecule has 0 spiro atoms. The summed E-state index contributed by atoms with van der Waals surface area (Å²) in [5.74, 6) is 0.368.